The molecule has 1 aromatic carbocycles. The van der Waals surface area contributed by atoms with Crippen LogP contribution in [0.15, 0.2) is 58.3 Å². The number of aromatic nitrogens is 3. The van der Waals surface area contributed by atoms with Crippen molar-refractivity contribution in [2.75, 3.05) is 5.43 Å². The van der Waals surface area contributed by atoms with Crippen molar-refractivity contribution in [3.05, 3.63) is 65.9 Å². The molecule has 0 saturated heterocycles. The normalized spacial score (nSPS) is 19.1. The van der Waals surface area contributed by atoms with Crippen molar-refractivity contribution >= 4 is 17.7 Å². The monoisotopic (exact) mass is 355 g/mol. The number of thioether (sulfide) groups is 1. The van der Waals surface area contributed by atoms with Crippen LogP contribution in [0.5, 0.6) is 0 Å². The minimum atomic E-state index is -0.367. The fraction of sp³-hybridized carbons (Fsp3) is 0.235. The van der Waals surface area contributed by atoms with E-state index in [0.29, 0.717) is 11.7 Å². The first-order valence-electron chi connectivity index (χ1n) is 7.92. The molecule has 2 atom stereocenters. The van der Waals surface area contributed by atoms with E-state index in [1.807, 2.05) is 48.0 Å². The third-order valence-corrected chi connectivity index (χ3v) is 5.25. The smallest absolute Gasteiger partial charge is 0.236 e. The standard InChI is InChI=1S/C17H17N5O2S/c1-11-19-20-17-22(11)21-14(12-6-3-2-4-7-12)15(25-17)16(23)18-10-13-8-5-9-24-13/h2-9,14-15,21H,10H2,1H3,(H,18,23)/t14-,15+/m1/s1. The van der Waals surface area contributed by atoms with Crippen LogP contribution in [-0.4, -0.2) is 26.0 Å². The number of hydrogen-bond donors (Lipinski definition) is 2. The van der Waals surface area contributed by atoms with Crippen LogP contribution in [-0.2, 0) is 11.3 Å². The van der Waals surface area contributed by atoms with E-state index in [0.717, 1.165) is 17.1 Å². The summed E-state index contributed by atoms with van der Waals surface area (Å²) in [6, 6.07) is 13.4. The van der Waals surface area contributed by atoms with Crippen LogP contribution in [0.4, 0.5) is 0 Å². The van der Waals surface area contributed by atoms with E-state index in [4.69, 9.17) is 4.42 Å². The maximum absolute atomic E-state index is 12.8. The molecular weight excluding hydrogens is 338 g/mol. The van der Waals surface area contributed by atoms with Crippen LogP contribution in [0.25, 0.3) is 0 Å². The Labute approximate surface area is 148 Å². The van der Waals surface area contributed by atoms with Crippen LogP contribution >= 0.6 is 11.8 Å². The van der Waals surface area contributed by atoms with Gasteiger partial charge < -0.3 is 15.2 Å². The molecular formula is C17H17N5O2S. The lowest BCUT2D eigenvalue weighted by Crippen LogP contribution is -2.43. The number of amides is 1. The van der Waals surface area contributed by atoms with E-state index < -0.39 is 0 Å². The molecule has 0 unspecified atom stereocenters. The fourth-order valence-electron chi connectivity index (χ4n) is 2.76. The van der Waals surface area contributed by atoms with Gasteiger partial charge in [0.05, 0.1) is 18.8 Å². The van der Waals surface area contributed by atoms with Gasteiger partial charge in [0.2, 0.25) is 11.1 Å². The number of hydrogen-bond acceptors (Lipinski definition) is 6. The number of carbonyl (C=O) groups is 1. The molecule has 3 heterocycles. The largest absolute Gasteiger partial charge is 0.467 e. The average molecular weight is 355 g/mol. The lowest BCUT2D eigenvalue weighted by Gasteiger charge is -2.32. The highest BCUT2D eigenvalue weighted by atomic mass is 32.2. The van der Waals surface area contributed by atoms with Crippen LogP contribution < -0.4 is 10.7 Å². The summed E-state index contributed by atoms with van der Waals surface area (Å²) in [6.07, 6.45) is 1.59. The van der Waals surface area contributed by atoms with Gasteiger partial charge in [0.25, 0.3) is 0 Å². The van der Waals surface area contributed by atoms with Crippen molar-refractivity contribution in [1.82, 2.24) is 20.2 Å². The van der Waals surface area contributed by atoms with E-state index in [-0.39, 0.29) is 17.2 Å². The topological polar surface area (TPSA) is 85.0 Å². The van der Waals surface area contributed by atoms with Crippen molar-refractivity contribution in [2.45, 2.75) is 29.9 Å². The molecule has 4 rings (SSSR count). The summed E-state index contributed by atoms with van der Waals surface area (Å²) in [5, 5.41) is 11.5. The Morgan fingerprint density at radius 1 is 1.28 bits per heavy atom. The van der Waals surface area contributed by atoms with Gasteiger partial charge in [-0.3, -0.25) is 4.79 Å². The molecule has 0 saturated carbocycles. The van der Waals surface area contributed by atoms with E-state index in [1.54, 1.807) is 12.3 Å². The molecule has 0 bridgehead atoms. The van der Waals surface area contributed by atoms with Gasteiger partial charge in [0, 0.05) is 0 Å². The lowest BCUT2D eigenvalue weighted by atomic mass is 10.0. The van der Waals surface area contributed by atoms with Gasteiger partial charge in [-0.25, -0.2) is 4.68 Å². The van der Waals surface area contributed by atoms with Crippen LogP contribution in [0.1, 0.15) is 23.2 Å². The second kappa shape index (κ2) is 6.64. The Balaban J connectivity index is 1.59. The third kappa shape index (κ3) is 3.12. The highest BCUT2D eigenvalue weighted by Gasteiger charge is 2.37. The number of benzene rings is 1. The number of rotatable bonds is 4. The zero-order chi connectivity index (χ0) is 17.2. The molecule has 2 N–H and O–H groups in total. The number of furan rings is 1. The van der Waals surface area contributed by atoms with E-state index >= 15 is 0 Å². The number of aryl methyl sites for hydroxylation is 1. The van der Waals surface area contributed by atoms with Crippen molar-refractivity contribution in [3.8, 4) is 0 Å². The minimum Gasteiger partial charge on any atom is -0.467 e. The first-order valence-corrected chi connectivity index (χ1v) is 8.80. The summed E-state index contributed by atoms with van der Waals surface area (Å²) in [5.41, 5.74) is 4.41. The number of nitrogens with one attached hydrogen (secondary N) is 2. The van der Waals surface area contributed by atoms with E-state index in [9.17, 15) is 4.79 Å². The Bertz CT molecular complexity index is 863. The second-order valence-electron chi connectivity index (χ2n) is 5.72. The molecule has 0 aliphatic carbocycles. The molecule has 1 aliphatic rings. The van der Waals surface area contributed by atoms with Crippen molar-refractivity contribution < 1.29 is 9.21 Å². The summed E-state index contributed by atoms with van der Waals surface area (Å²) in [7, 11) is 0. The Kier molecular flexibility index (Phi) is 4.19. The SMILES string of the molecule is Cc1nnc2n1N[C@H](c1ccccc1)[C@@H](C(=O)NCc1ccco1)S2. The van der Waals surface area contributed by atoms with Gasteiger partial charge in [-0.1, -0.05) is 42.1 Å². The van der Waals surface area contributed by atoms with E-state index in [2.05, 4.69) is 20.9 Å². The van der Waals surface area contributed by atoms with Crippen LogP contribution in [0, 0.1) is 6.92 Å². The third-order valence-electron chi connectivity index (χ3n) is 4.03. The second-order valence-corrected chi connectivity index (χ2v) is 6.83. The van der Waals surface area contributed by atoms with Gasteiger partial charge >= 0.3 is 0 Å². The van der Waals surface area contributed by atoms with Gasteiger partial charge in [-0.15, -0.1) is 10.2 Å². The van der Waals surface area contributed by atoms with E-state index in [1.165, 1.54) is 11.8 Å². The highest BCUT2D eigenvalue weighted by Crippen LogP contribution is 2.36. The Morgan fingerprint density at radius 2 is 2.12 bits per heavy atom. The summed E-state index contributed by atoms with van der Waals surface area (Å²) in [6.45, 7) is 2.24. The molecule has 0 fully saturated rings. The Morgan fingerprint density at radius 3 is 2.88 bits per heavy atom. The molecule has 25 heavy (non-hydrogen) atoms. The zero-order valence-electron chi connectivity index (χ0n) is 13.5. The van der Waals surface area contributed by atoms with Gasteiger partial charge in [-0.2, -0.15) is 0 Å². The van der Waals surface area contributed by atoms with Crippen LogP contribution in [0.2, 0.25) is 0 Å². The van der Waals surface area contributed by atoms with Gasteiger partial charge in [0.1, 0.15) is 16.8 Å². The summed E-state index contributed by atoms with van der Waals surface area (Å²) in [4.78, 5) is 12.8. The number of fused-ring (bicyclic) bond motifs is 1. The molecule has 1 aliphatic heterocycles. The Hall–Kier alpha value is -2.74. The molecule has 2 aromatic heterocycles. The van der Waals surface area contributed by atoms with Crippen molar-refractivity contribution in [3.63, 3.8) is 0 Å². The summed E-state index contributed by atoms with van der Waals surface area (Å²) < 4.78 is 7.11. The van der Waals surface area contributed by atoms with Crippen LogP contribution in [0.3, 0.4) is 0 Å². The summed E-state index contributed by atoms with van der Waals surface area (Å²) in [5.74, 6) is 1.41. The highest BCUT2D eigenvalue weighted by molar-refractivity contribution is 8.00. The first-order chi connectivity index (χ1) is 12.2. The van der Waals surface area contributed by atoms with Crippen molar-refractivity contribution in [2.24, 2.45) is 0 Å². The molecule has 1 amide bonds. The molecule has 7 nitrogen and oxygen atoms in total. The fourth-order valence-corrected chi connectivity index (χ4v) is 3.91. The number of nitrogens with zero attached hydrogens (tertiary/aromatic N) is 3. The molecule has 0 spiro atoms. The molecule has 3 aromatic rings. The maximum atomic E-state index is 12.8. The quantitative estimate of drug-likeness (QED) is 0.747. The molecule has 8 heteroatoms. The number of carbonyl (C=O) groups excluding carboxylic acids is 1. The predicted octanol–water partition coefficient (Wildman–Crippen LogP) is 2.26. The molecule has 128 valence electrons. The lowest BCUT2D eigenvalue weighted by molar-refractivity contribution is -0.121. The predicted molar refractivity (Wildman–Crippen MR) is 93.5 cm³/mol. The maximum Gasteiger partial charge on any atom is 0.236 e. The molecule has 0 radical (unpaired) electrons. The first kappa shape index (κ1) is 15.8. The zero-order valence-corrected chi connectivity index (χ0v) is 14.4. The van der Waals surface area contributed by atoms with Gasteiger partial charge in [-0.05, 0) is 24.6 Å². The van der Waals surface area contributed by atoms with Crippen molar-refractivity contribution in [1.29, 1.82) is 0 Å². The summed E-state index contributed by atoms with van der Waals surface area (Å²) >= 11 is 1.41. The minimum absolute atomic E-state index is 0.0744. The van der Waals surface area contributed by atoms with Gasteiger partial charge in [0.15, 0.2) is 0 Å². The average Bonchev–Trinajstić information content (AvgIpc) is 3.29.